The van der Waals surface area contributed by atoms with Crippen molar-refractivity contribution in [2.45, 2.75) is 12.3 Å². The lowest BCUT2D eigenvalue weighted by atomic mass is 9.89. The number of nitrogens with zero attached hydrogens (tertiary/aromatic N) is 1. The predicted molar refractivity (Wildman–Crippen MR) is 74.9 cm³/mol. The first kappa shape index (κ1) is 11.7. The van der Waals surface area contributed by atoms with Crippen molar-refractivity contribution in [3.8, 4) is 0 Å². The Labute approximate surface area is 112 Å². The van der Waals surface area contributed by atoms with E-state index in [0.29, 0.717) is 6.42 Å². The summed E-state index contributed by atoms with van der Waals surface area (Å²) in [5.74, 6) is -0.195. The highest BCUT2D eigenvalue weighted by Crippen LogP contribution is 2.24. The van der Waals surface area contributed by atoms with E-state index in [0.717, 1.165) is 16.8 Å². The van der Waals surface area contributed by atoms with E-state index >= 15 is 0 Å². The van der Waals surface area contributed by atoms with Gasteiger partial charge in [-0.2, -0.15) is 5.10 Å². The third kappa shape index (κ3) is 2.40. The van der Waals surface area contributed by atoms with Crippen molar-refractivity contribution in [2.24, 2.45) is 5.10 Å². The van der Waals surface area contributed by atoms with E-state index in [1.165, 1.54) is 0 Å². The fourth-order valence-electron chi connectivity index (χ4n) is 2.30. The van der Waals surface area contributed by atoms with Gasteiger partial charge in [-0.05, 0) is 11.1 Å². The van der Waals surface area contributed by atoms with Gasteiger partial charge in [0.15, 0.2) is 0 Å². The second kappa shape index (κ2) is 5.06. The van der Waals surface area contributed by atoms with Crippen molar-refractivity contribution in [3.63, 3.8) is 0 Å². The molecule has 0 radical (unpaired) electrons. The van der Waals surface area contributed by atoms with Crippen molar-refractivity contribution in [3.05, 3.63) is 71.8 Å². The van der Waals surface area contributed by atoms with Crippen LogP contribution in [0.2, 0.25) is 0 Å². The summed E-state index contributed by atoms with van der Waals surface area (Å²) < 4.78 is 0. The first-order valence-corrected chi connectivity index (χ1v) is 6.31. The van der Waals surface area contributed by atoms with Crippen LogP contribution in [-0.4, -0.2) is 11.6 Å². The molecule has 0 bridgehead atoms. The summed E-state index contributed by atoms with van der Waals surface area (Å²) in [5.41, 5.74) is 5.64. The maximum atomic E-state index is 12.0. The summed E-state index contributed by atoms with van der Waals surface area (Å²) in [6.07, 6.45) is 0.639. The molecule has 2 aromatic carbocycles. The van der Waals surface area contributed by atoms with Gasteiger partial charge in [0.2, 0.25) is 5.91 Å². The van der Waals surface area contributed by atoms with Crippen LogP contribution >= 0.6 is 0 Å². The van der Waals surface area contributed by atoms with Gasteiger partial charge in [0.05, 0.1) is 11.6 Å². The fraction of sp³-hybridized carbons (Fsp3) is 0.125. The summed E-state index contributed by atoms with van der Waals surface area (Å²) in [6, 6.07) is 19.8. The van der Waals surface area contributed by atoms with Gasteiger partial charge in [-0.25, -0.2) is 5.43 Å². The van der Waals surface area contributed by atoms with E-state index in [-0.39, 0.29) is 11.8 Å². The number of hydrogen-bond acceptors (Lipinski definition) is 2. The smallest absolute Gasteiger partial charge is 0.248 e. The molecule has 3 rings (SSSR count). The minimum atomic E-state index is -0.158. The number of hydrogen-bond donors (Lipinski definition) is 1. The summed E-state index contributed by atoms with van der Waals surface area (Å²) in [4.78, 5) is 12.0. The molecule has 0 fully saturated rings. The molecule has 1 amide bonds. The van der Waals surface area contributed by atoms with E-state index < -0.39 is 0 Å². The van der Waals surface area contributed by atoms with Crippen molar-refractivity contribution in [2.75, 3.05) is 0 Å². The summed E-state index contributed by atoms with van der Waals surface area (Å²) >= 11 is 0. The van der Waals surface area contributed by atoms with E-state index in [4.69, 9.17) is 0 Å². The van der Waals surface area contributed by atoms with Gasteiger partial charge in [-0.1, -0.05) is 60.7 Å². The first-order valence-electron chi connectivity index (χ1n) is 6.31. The molecule has 3 heteroatoms. The summed E-state index contributed by atoms with van der Waals surface area (Å²) in [7, 11) is 0. The van der Waals surface area contributed by atoms with E-state index in [9.17, 15) is 4.79 Å². The van der Waals surface area contributed by atoms with Crippen molar-refractivity contribution in [1.82, 2.24) is 5.43 Å². The fourth-order valence-corrected chi connectivity index (χ4v) is 2.30. The second-order valence-corrected chi connectivity index (χ2v) is 4.57. The maximum Gasteiger partial charge on any atom is 0.248 e. The zero-order chi connectivity index (χ0) is 13.1. The molecule has 1 aliphatic heterocycles. The third-order valence-corrected chi connectivity index (χ3v) is 3.32. The Bertz CT molecular complexity index is 605. The van der Waals surface area contributed by atoms with Crippen LogP contribution in [0.1, 0.15) is 23.5 Å². The van der Waals surface area contributed by atoms with Crippen LogP contribution in [0.15, 0.2) is 65.8 Å². The Morgan fingerprint density at radius 3 is 2.26 bits per heavy atom. The van der Waals surface area contributed by atoms with Crippen molar-refractivity contribution < 1.29 is 4.79 Å². The zero-order valence-corrected chi connectivity index (χ0v) is 10.4. The lowest BCUT2D eigenvalue weighted by Gasteiger charge is -2.21. The monoisotopic (exact) mass is 250 g/mol. The average Bonchev–Trinajstić information content (AvgIpc) is 2.49. The number of carbonyl (C=O) groups excluding carboxylic acids is 1. The number of nitrogens with one attached hydrogen (secondary N) is 1. The molecular weight excluding hydrogens is 236 g/mol. The molecule has 0 saturated carbocycles. The van der Waals surface area contributed by atoms with Crippen molar-refractivity contribution >= 4 is 11.6 Å². The molecule has 0 unspecified atom stereocenters. The maximum absolute atomic E-state index is 12.0. The van der Waals surface area contributed by atoms with Crippen molar-refractivity contribution in [1.29, 1.82) is 0 Å². The Morgan fingerprint density at radius 2 is 1.58 bits per heavy atom. The number of benzene rings is 2. The van der Waals surface area contributed by atoms with Gasteiger partial charge in [0.25, 0.3) is 0 Å². The quantitative estimate of drug-likeness (QED) is 0.874. The Kier molecular flexibility index (Phi) is 3.11. The van der Waals surface area contributed by atoms with E-state index in [2.05, 4.69) is 10.5 Å². The van der Waals surface area contributed by atoms with Crippen LogP contribution in [0.4, 0.5) is 0 Å². The Balaban J connectivity index is 1.90. The highest BCUT2D eigenvalue weighted by molar-refractivity contribution is 6.06. The Hall–Kier alpha value is -2.42. The standard InChI is InChI=1S/C16H14N2O/c19-16-14(12-7-3-1-4-8-12)11-15(17-18-16)13-9-5-2-6-10-13/h1-10,14H,11H2,(H,18,19)/t14-/m0/s1. The highest BCUT2D eigenvalue weighted by atomic mass is 16.2. The number of rotatable bonds is 2. The molecule has 3 nitrogen and oxygen atoms in total. The first-order chi connectivity index (χ1) is 9.34. The molecule has 1 heterocycles. The number of hydrazone groups is 1. The van der Waals surface area contributed by atoms with Crippen LogP contribution in [-0.2, 0) is 4.79 Å². The van der Waals surface area contributed by atoms with Gasteiger partial charge in [0, 0.05) is 6.42 Å². The largest absolute Gasteiger partial charge is 0.272 e. The number of amides is 1. The molecule has 2 aromatic rings. The molecular formula is C16H14N2O. The topological polar surface area (TPSA) is 41.5 Å². The van der Waals surface area contributed by atoms with E-state index in [1.54, 1.807) is 0 Å². The zero-order valence-electron chi connectivity index (χ0n) is 10.4. The summed E-state index contributed by atoms with van der Waals surface area (Å²) in [5, 5.41) is 4.17. The van der Waals surface area contributed by atoms with Crippen LogP contribution in [0.3, 0.4) is 0 Å². The van der Waals surface area contributed by atoms with Crippen LogP contribution < -0.4 is 5.43 Å². The van der Waals surface area contributed by atoms with Crippen LogP contribution in [0, 0.1) is 0 Å². The average molecular weight is 250 g/mol. The predicted octanol–water partition coefficient (Wildman–Crippen LogP) is 2.69. The third-order valence-electron chi connectivity index (χ3n) is 3.32. The van der Waals surface area contributed by atoms with E-state index in [1.807, 2.05) is 60.7 Å². The molecule has 0 saturated heterocycles. The lowest BCUT2D eigenvalue weighted by molar-refractivity contribution is -0.122. The molecule has 1 aliphatic rings. The molecule has 19 heavy (non-hydrogen) atoms. The molecule has 1 atom stereocenters. The van der Waals surface area contributed by atoms with Crippen LogP contribution in [0.5, 0.6) is 0 Å². The van der Waals surface area contributed by atoms with Gasteiger partial charge in [0.1, 0.15) is 0 Å². The van der Waals surface area contributed by atoms with Gasteiger partial charge in [-0.3, -0.25) is 4.79 Å². The number of carbonyl (C=O) groups is 1. The molecule has 94 valence electrons. The SMILES string of the molecule is O=C1NN=C(c2ccccc2)C[C@H]1c1ccccc1. The van der Waals surface area contributed by atoms with Gasteiger partial charge >= 0.3 is 0 Å². The van der Waals surface area contributed by atoms with Gasteiger partial charge in [-0.15, -0.1) is 0 Å². The molecule has 0 spiro atoms. The highest BCUT2D eigenvalue weighted by Gasteiger charge is 2.26. The minimum Gasteiger partial charge on any atom is -0.272 e. The lowest BCUT2D eigenvalue weighted by Crippen LogP contribution is -2.33. The molecule has 0 aliphatic carbocycles. The summed E-state index contributed by atoms with van der Waals surface area (Å²) in [6.45, 7) is 0. The molecule has 1 N–H and O–H groups in total. The Morgan fingerprint density at radius 1 is 0.947 bits per heavy atom. The molecule has 0 aromatic heterocycles. The van der Waals surface area contributed by atoms with Gasteiger partial charge < -0.3 is 0 Å². The van der Waals surface area contributed by atoms with Crippen LogP contribution in [0.25, 0.3) is 0 Å². The normalized spacial score (nSPS) is 18.6. The second-order valence-electron chi connectivity index (χ2n) is 4.57. The minimum absolute atomic E-state index is 0.0362.